The maximum Gasteiger partial charge on any atom is 0.270 e. The summed E-state index contributed by atoms with van der Waals surface area (Å²) in [6, 6.07) is 8.27. The summed E-state index contributed by atoms with van der Waals surface area (Å²) in [4.78, 5) is 26.2. The number of nitro benzene ring substituents is 1. The molecule has 0 bridgehead atoms. The van der Waals surface area contributed by atoms with Crippen molar-refractivity contribution in [3.8, 4) is 11.4 Å². The molecule has 3 rings (SSSR count). The van der Waals surface area contributed by atoms with Gasteiger partial charge in [0.15, 0.2) is 5.82 Å². The first-order valence-electron chi connectivity index (χ1n) is 8.21. The first-order chi connectivity index (χ1) is 12.5. The molecule has 2 aromatic heterocycles. The highest BCUT2D eigenvalue weighted by Crippen LogP contribution is 2.24. The lowest BCUT2D eigenvalue weighted by Gasteiger charge is -2.18. The van der Waals surface area contributed by atoms with Crippen LogP contribution in [0.2, 0.25) is 0 Å². The van der Waals surface area contributed by atoms with Gasteiger partial charge in [-0.3, -0.25) is 10.1 Å². The van der Waals surface area contributed by atoms with Crippen LogP contribution in [0, 0.1) is 17.0 Å². The Morgan fingerprint density at radius 2 is 2.04 bits per heavy atom. The van der Waals surface area contributed by atoms with Crippen molar-refractivity contribution >= 4 is 22.8 Å². The number of aromatic nitrogens is 3. The fraction of sp³-hybridized carbons (Fsp3) is 0.278. The second kappa shape index (κ2) is 7.57. The molecule has 0 atom stereocenters. The molecule has 0 fully saturated rings. The summed E-state index contributed by atoms with van der Waals surface area (Å²) >= 11 is 1.66. The van der Waals surface area contributed by atoms with Crippen molar-refractivity contribution in [2.45, 2.75) is 26.8 Å². The zero-order valence-electron chi connectivity index (χ0n) is 14.8. The Hall–Kier alpha value is -2.87. The van der Waals surface area contributed by atoms with Gasteiger partial charge in [-0.25, -0.2) is 15.0 Å². The third-order valence-electron chi connectivity index (χ3n) is 3.85. The first-order valence-corrected chi connectivity index (χ1v) is 9.09. The number of aryl methyl sites for hydroxylation is 2. The van der Waals surface area contributed by atoms with E-state index in [-0.39, 0.29) is 5.69 Å². The average Bonchev–Trinajstić information content (AvgIpc) is 3.09. The van der Waals surface area contributed by atoms with Gasteiger partial charge in [0, 0.05) is 41.9 Å². The molecular weight excluding hydrogens is 350 g/mol. The van der Waals surface area contributed by atoms with Crippen molar-refractivity contribution in [3.63, 3.8) is 0 Å². The van der Waals surface area contributed by atoms with Crippen molar-refractivity contribution < 1.29 is 4.92 Å². The monoisotopic (exact) mass is 369 g/mol. The number of anilines is 1. The summed E-state index contributed by atoms with van der Waals surface area (Å²) in [5.74, 6) is 1.23. The number of benzene rings is 1. The minimum atomic E-state index is -0.417. The maximum absolute atomic E-state index is 11.0. The van der Waals surface area contributed by atoms with Crippen LogP contribution < -0.4 is 4.90 Å². The molecule has 26 heavy (non-hydrogen) atoms. The van der Waals surface area contributed by atoms with E-state index in [1.807, 2.05) is 24.9 Å². The lowest BCUT2D eigenvalue weighted by atomic mass is 10.2. The van der Waals surface area contributed by atoms with E-state index in [1.54, 1.807) is 23.5 Å². The zero-order valence-corrected chi connectivity index (χ0v) is 15.7. The van der Waals surface area contributed by atoms with Crippen LogP contribution in [0.3, 0.4) is 0 Å². The average molecular weight is 369 g/mol. The van der Waals surface area contributed by atoms with Gasteiger partial charge < -0.3 is 4.90 Å². The fourth-order valence-corrected chi connectivity index (χ4v) is 3.28. The highest BCUT2D eigenvalue weighted by atomic mass is 32.1. The van der Waals surface area contributed by atoms with Gasteiger partial charge >= 0.3 is 0 Å². The number of rotatable bonds is 6. The quantitative estimate of drug-likeness (QED) is 0.482. The molecule has 7 nitrogen and oxygen atoms in total. The molecule has 0 aliphatic carbocycles. The van der Waals surface area contributed by atoms with Crippen LogP contribution in [0.4, 0.5) is 11.5 Å². The van der Waals surface area contributed by atoms with E-state index in [1.165, 1.54) is 12.1 Å². The Labute approximate surface area is 155 Å². The molecule has 0 saturated heterocycles. The lowest BCUT2D eigenvalue weighted by Crippen LogP contribution is -2.18. The predicted octanol–water partition coefficient (Wildman–Crippen LogP) is 4.02. The number of nitrogens with zero attached hydrogens (tertiary/aromatic N) is 5. The summed E-state index contributed by atoms with van der Waals surface area (Å²) in [6.07, 6.45) is 0.929. The Morgan fingerprint density at radius 1 is 1.23 bits per heavy atom. The van der Waals surface area contributed by atoms with Crippen molar-refractivity contribution in [1.29, 1.82) is 0 Å². The van der Waals surface area contributed by atoms with Crippen molar-refractivity contribution in [2.24, 2.45) is 0 Å². The number of hydrogen-bond acceptors (Lipinski definition) is 7. The number of nitro groups is 1. The van der Waals surface area contributed by atoms with E-state index < -0.39 is 4.92 Å². The molecule has 0 aliphatic rings. The Bertz CT molecular complexity index is 941. The molecule has 2 heterocycles. The van der Waals surface area contributed by atoms with E-state index in [2.05, 4.69) is 27.3 Å². The molecule has 1 aromatic carbocycles. The van der Waals surface area contributed by atoms with Gasteiger partial charge in [0.1, 0.15) is 5.82 Å². The third-order valence-corrected chi connectivity index (χ3v) is 4.89. The summed E-state index contributed by atoms with van der Waals surface area (Å²) in [5.41, 5.74) is 2.45. The highest BCUT2D eigenvalue weighted by Gasteiger charge is 2.13. The van der Waals surface area contributed by atoms with E-state index in [4.69, 9.17) is 0 Å². The molecule has 134 valence electrons. The van der Waals surface area contributed by atoms with Gasteiger partial charge in [-0.15, -0.1) is 11.3 Å². The molecule has 0 radical (unpaired) electrons. The number of hydrogen-bond donors (Lipinski definition) is 0. The minimum Gasteiger partial charge on any atom is -0.354 e. The fourth-order valence-electron chi connectivity index (χ4n) is 2.54. The van der Waals surface area contributed by atoms with Crippen LogP contribution in [0.1, 0.15) is 23.3 Å². The SMILES string of the molecule is CCc1nc(CN(C)c2cc(C)nc(-c3cccc([N+](=O)[O-])c3)n2)cs1. The van der Waals surface area contributed by atoms with Crippen LogP contribution >= 0.6 is 11.3 Å². The molecule has 0 aliphatic heterocycles. The van der Waals surface area contributed by atoms with Crippen molar-refractivity contribution in [2.75, 3.05) is 11.9 Å². The molecule has 0 N–H and O–H groups in total. The molecule has 0 amide bonds. The van der Waals surface area contributed by atoms with Gasteiger partial charge in [0.2, 0.25) is 0 Å². The van der Waals surface area contributed by atoms with E-state index >= 15 is 0 Å². The van der Waals surface area contributed by atoms with Gasteiger partial charge in [0.05, 0.1) is 22.2 Å². The first kappa shape index (κ1) is 17.9. The van der Waals surface area contributed by atoms with E-state index in [9.17, 15) is 10.1 Å². The Balaban J connectivity index is 1.89. The lowest BCUT2D eigenvalue weighted by molar-refractivity contribution is -0.384. The number of thiazole rings is 1. The van der Waals surface area contributed by atoms with Crippen LogP contribution in [0.15, 0.2) is 35.7 Å². The second-order valence-corrected chi connectivity index (χ2v) is 6.88. The highest BCUT2D eigenvalue weighted by molar-refractivity contribution is 7.09. The summed E-state index contributed by atoms with van der Waals surface area (Å²) in [7, 11) is 1.95. The summed E-state index contributed by atoms with van der Waals surface area (Å²) < 4.78 is 0. The molecule has 3 aromatic rings. The Morgan fingerprint density at radius 3 is 2.73 bits per heavy atom. The third kappa shape index (κ3) is 4.02. The molecule has 0 spiro atoms. The van der Waals surface area contributed by atoms with Crippen LogP contribution in [0.5, 0.6) is 0 Å². The molecular formula is C18H19N5O2S. The van der Waals surface area contributed by atoms with Gasteiger partial charge in [-0.2, -0.15) is 0 Å². The summed E-state index contributed by atoms with van der Waals surface area (Å²) in [6.45, 7) is 4.62. The smallest absolute Gasteiger partial charge is 0.270 e. The topological polar surface area (TPSA) is 85.0 Å². The molecule has 0 unspecified atom stereocenters. The second-order valence-electron chi connectivity index (χ2n) is 5.94. The minimum absolute atomic E-state index is 0.0251. The van der Waals surface area contributed by atoms with Crippen LogP contribution in [0.25, 0.3) is 11.4 Å². The standard InChI is InChI=1S/C18H19N5O2S/c1-4-17-20-14(11-26-17)10-22(3)16-8-12(2)19-18(21-16)13-6-5-7-15(9-13)23(24)25/h5-9,11H,4,10H2,1-3H3. The van der Waals surface area contributed by atoms with E-state index in [0.29, 0.717) is 17.9 Å². The van der Waals surface area contributed by atoms with Crippen LogP contribution in [-0.4, -0.2) is 26.9 Å². The number of non-ortho nitro benzene ring substituents is 1. The van der Waals surface area contributed by atoms with Gasteiger partial charge in [0.25, 0.3) is 5.69 Å². The van der Waals surface area contributed by atoms with Crippen LogP contribution in [-0.2, 0) is 13.0 Å². The van der Waals surface area contributed by atoms with Crippen molar-refractivity contribution in [3.05, 3.63) is 62.2 Å². The van der Waals surface area contributed by atoms with Crippen molar-refractivity contribution in [1.82, 2.24) is 15.0 Å². The Kier molecular flexibility index (Phi) is 5.22. The zero-order chi connectivity index (χ0) is 18.7. The summed E-state index contributed by atoms with van der Waals surface area (Å²) in [5, 5.41) is 14.2. The van der Waals surface area contributed by atoms with E-state index in [0.717, 1.165) is 28.6 Å². The largest absolute Gasteiger partial charge is 0.354 e. The molecule has 0 saturated carbocycles. The van der Waals surface area contributed by atoms with Gasteiger partial charge in [-0.1, -0.05) is 19.1 Å². The predicted molar refractivity (Wildman–Crippen MR) is 102 cm³/mol. The molecule has 8 heteroatoms. The maximum atomic E-state index is 11.0. The van der Waals surface area contributed by atoms with Gasteiger partial charge in [-0.05, 0) is 13.3 Å². The normalized spacial score (nSPS) is 10.7.